The molecule has 0 N–H and O–H groups in total. The van der Waals surface area contributed by atoms with Gasteiger partial charge in [-0.05, 0) is 146 Å². The molecule has 8 rings (SSSR count). The molecule has 3 aliphatic rings. The lowest BCUT2D eigenvalue weighted by atomic mass is 9.33. The van der Waals surface area contributed by atoms with Crippen molar-refractivity contribution >= 4 is 68.8 Å². The molecule has 0 amide bonds. The van der Waals surface area contributed by atoms with Crippen LogP contribution >= 0.6 is 11.6 Å². The zero-order valence-electron chi connectivity index (χ0n) is 32.4. The van der Waals surface area contributed by atoms with Crippen molar-refractivity contribution in [2.75, 3.05) is 9.80 Å². The van der Waals surface area contributed by atoms with Crippen LogP contribution in [0.1, 0.15) is 110 Å². The predicted molar refractivity (Wildman–Crippen MR) is 223 cm³/mol. The van der Waals surface area contributed by atoms with Gasteiger partial charge in [0.05, 0.1) is 0 Å². The van der Waals surface area contributed by atoms with Gasteiger partial charge in [0.15, 0.2) is 0 Å². The van der Waals surface area contributed by atoms with Crippen molar-refractivity contribution in [3.8, 4) is 0 Å². The van der Waals surface area contributed by atoms with E-state index in [1.807, 2.05) is 12.1 Å². The summed E-state index contributed by atoms with van der Waals surface area (Å²) in [6, 6.07) is 35.0. The molecule has 4 heteroatoms. The average molecular weight is 691 g/mol. The van der Waals surface area contributed by atoms with Gasteiger partial charge < -0.3 is 9.80 Å². The molecule has 0 aromatic heterocycles. The fourth-order valence-electron chi connectivity index (χ4n) is 8.92. The van der Waals surface area contributed by atoms with Gasteiger partial charge in [0.2, 0.25) is 0 Å². The summed E-state index contributed by atoms with van der Waals surface area (Å²) in [5, 5.41) is 0.752. The molecule has 0 radical (unpaired) electrons. The Morgan fingerprint density at radius 1 is 0.549 bits per heavy atom. The second-order valence-corrected chi connectivity index (χ2v) is 19.3. The molecule has 2 heterocycles. The van der Waals surface area contributed by atoms with Crippen LogP contribution in [-0.2, 0) is 21.7 Å². The van der Waals surface area contributed by atoms with Crippen molar-refractivity contribution < 1.29 is 0 Å². The smallest absolute Gasteiger partial charge is 0.252 e. The second-order valence-electron chi connectivity index (χ2n) is 18.8. The van der Waals surface area contributed by atoms with Crippen LogP contribution in [0.5, 0.6) is 0 Å². The van der Waals surface area contributed by atoms with Crippen LogP contribution in [0.25, 0.3) is 0 Å². The Bertz CT molecular complexity index is 2200. The van der Waals surface area contributed by atoms with Crippen LogP contribution in [0.15, 0.2) is 91.0 Å². The largest absolute Gasteiger partial charge is 0.311 e. The number of halogens is 1. The molecule has 0 atom stereocenters. The number of hydrogen-bond acceptors (Lipinski definition) is 2. The van der Waals surface area contributed by atoms with Crippen molar-refractivity contribution in [3.05, 3.63) is 124 Å². The molecular formula is C47H52BClN2. The average Bonchev–Trinajstić information content (AvgIpc) is 3.06. The molecule has 0 fully saturated rings. The molecule has 260 valence electrons. The highest BCUT2D eigenvalue weighted by molar-refractivity contribution is 7.00. The van der Waals surface area contributed by atoms with E-state index in [0.717, 1.165) is 10.7 Å². The SMILES string of the molecule is Cc1cc2c3c(c1)N(c1ccc(Cl)cc1)c1cc4c(cc1B3c1cc(C(C)(C)C)ccc1N2c1ccc(C(C)(C)C)cc1)C(C)(C)CCC4(C)C. The summed E-state index contributed by atoms with van der Waals surface area (Å²) < 4.78 is 0. The summed E-state index contributed by atoms with van der Waals surface area (Å²) in [6.45, 7) is 26.0. The molecule has 0 bridgehead atoms. The van der Waals surface area contributed by atoms with Crippen LogP contribution in [-0.4, -0.2) is 6.71 Å². The van der Waals surface area contributed by atoms with E-state index in [1.54, 1.807) is 0 Å². The van der Waals surface area contributed by atoms with Crippen LogP contribution in [0, 0.1) is 6.92 Å². The van der Waals surface area contributed by atoms with E-state index in [9.17, 15) is 0 Å². The first-order valence-electron chi connectivity index (χ1n) is 18.8. The maximum absolute atomic E-state index is 6.53. The topological polar surface area (TPSA) is 6.48 Å². The molecule has 5 aromatic carbocycles. The monoisotopic (exact) mass is 690 g/mol. The molecule has 2 aliphatic heterocycles. The first-order chi connectivity index (χ1) is 23.8. The minimum Gasteiger partial charge on any atom is -0.311 e. The van der Waals surface area contributed by atoms with E-state index in [-0.39, 0.29) is 28.4 Å². The highest BCUT2D eigenvalue weighted by atomic mass is 35.5. The van der Waals surface area contributed by atoms with Gasteiger partial charge in [-0.2, -0.15) is 0 Å². The lowest BCUT2D eigenvalue weighted by Crippen LogP contribution is -2.62. The van der Waals surface area contributed by atoms with Crippen molar-refractivity contribution in [1.29, 1.82) is 0 Å². The molecule has 0 unspecified atom stereocenters. The molecule has 0 spiro atoms. The summed E-state index contributed by atoms with van der Waals surface area (Å²) in [7, 11) is 0. The lowest BCUT2D eigenvalue weighted by Gasteiger charge is -2.47. The quantitative estimate of drug-likeness (QED) is 0.167. The highest BCUT2D eigenvalue weighted by Crippen LogP contribution is 2.50. The normalized spacial score (nSPS) is 17.1. The van der Waals surface area contributed by atoms with E-state index in [1.165, 1.54) is 85.5 Å². The summed E-state index contributed by atoms with van der Waals surface area (Å²) >= 11 is 6.53. The van der Waals surface area contributed by atoms with Gasteiger partial charge >= 0.3 is 0 Å². The zero-order chi connectivity index (χ0) is 36.4. The molecular weight excluding hydrogens is 639 g/mol. The van der Waals surface area contributed by atoms with Gasteiger partial charge in [0.1, 0.15) is 0 Å². The summed E-state index contributed by atoms with van der Waals surface area (Å²) in [4.78, 5) is 5.07. The van der Waals surface area contributed by atoms with Gasteiger partial charge in [-0.25, -0.2) is 0 Å². The van der Waals surface area contributed by atoms with E-state index in [0.29, 0.717) is 0 Å². The van der Waals surface area contributed by atoms with Crippen molar-refractivity contribution in [1.82, 2.24) is 0 Å². The standard InChI is InChI=1S/C47H52BClN2/c1-29-24-41-43-42(25-29)51(34-19-15-32(49)16-20-34)40-28-36-35(46(8,9)22-23-47(36,10)11)27-38(40)48(43)37-26-31(45(5,6)7)14-21-39(37)50(41)33-17-12-30(13-18-33)44(2,3)4/h12-21,24-28H,22-23H2,1-11H3. The van der Waals surface area contributed by atoms with Crippen molar-refractivity contribution in [2.24, 2.45) is 0 Å². The van der Waals surface area contributed by atoms with Gasteiger partial charge in [-0.15, -0.1) is 0 Å². The molecule has 1 aliphatic carbocycles. The van der Waals surface area contributed by atoms with Crippen LogP contribution in [0.4, 0.5) is 34.1 Å². The minimum absolute atomic E-state index is 0.0132. The Morgan fingerprint density at radius 2 is 1.02 bits per heavy atom. The van der Waals surface area contributed by atoms with Crippen molar-refractivity contribution in [2.45, 2.75) is 111 Å². The number of benzene rings is 5. The Morgan fingerprint density at radius 3 is 1.57 bits per heavy atom. The number of rotatable bonds is 2. The number of aryl methyl sites for hydroxylation is 1. The van der Waals surface area contributed by atoms with Crippen LogP contribution in [0.2, 0.25) is 5.02 Å². The molecule has 2 nitrogen and oxygen atoms in total. The van der Waals surface area contributed by atoms with E-state index >= 15 is 0 Å². The molecule has 51 heavy (non-hydrogen) atoms. The maximum Gasteiger partial charge on any atom is 0.252 e. The Kier molecular flexibility index (Phi) is 7.55. The van der Waals surface area contributed by atoms with Crippen molar-refractivity contribution in [3.63, 3.8) is 0 Å². The lowest BCUT2D eigenvalue weighted by molar-refractivity contribution is 0.332. The molecule has 0 saturated carbocycles. The third-order valence-electron chi connectivity index (χ3n) is 12.1. The first kappa shape index (κ1) is 34.2. The summed E-state index contributed by atoms with van der Waals surface area (Å²) in [6.07, 6.45) is 2.36. The van der Waals surface area contributed by atoms with Gasteiger partial charge in [-0.1, -0.05) is 111 Å². The molecule has 5 aromatic rings. The number of fused-ring (bicyclic) bond motifs is 5. The Hall–Kier alpha value is -3.95. The fraction of sp³-hybridized carbons (Fsp3) is 0.362. The van der Waals surface area contributed by atoms with E-state index < -0.39 is 0 Å². The Labute approximate surface area is 311 Å². The van der Waals surface area contributed by atoms with E-state index in [4.69, 9.17) is 11.6 Å². The summed E-state index contributed by atoms with van der Waals surface area (Å²) in [5.41, 5.74) is 18.7. The third kappa shape index (κ3) is 5.45. The Balaban J connectivity index is 1.49. The first-order valence-corrected chi connectivity index (χ1v) is 19.2. The highest BCUT2D eigenvalue weighted by Gasteiger charge is 2.46. The third-order valence-corrected chi connectivity index (χ3v) is 12.4. The van der Waals surface area contributed by atoms with Gasteiger partial charge in [0, 0.05) is 39.1 Å². The van der Waals surface area contributed by atoms with Crippen LogP contribution in [0.3, 0.4) is 0 Å². The zero-order valence-corrected chi connectivity index (χ0v) is 33.2. The summed E-state index contributed by atoms with van der Waals surface area (Å²) in [5.74, 6) is 0. The number of hydrogen-bond donors (Lipinski definition) is 0. The number of anilines is 6. The number of nitrogens with zero attached hydrogens (tertiary/aromatic N) is 2. The van der Waals surface area contributed by atoms with Gasteiger partial charge in [0.25, 0.3) is 6.71 Å². The van der Waals surface area contributed by atoms with E-state index in [2.05, 4.69) is 165 Å². The van der Waals surface area contributed by atoms with Gasteiger partial charge in [-0.3, -0.25) is 0 Å². The maximum atomic E-state index is 6.53. The molecule has 0 saturated heterocycles. The predicted octanol–water partition coefficient (Wildman–Crippen LogP) is 11.7. The van der Waals surface area contributed by atoms with Crippen LogP contribution < -0.4 is 26.2 Å². The fourth-order valence-corrected chi connectivity index (χ4v) is 9.05. The second kappa shape index (κ2) is 11.3. The minimum atomic E-state index is 0.0132.